The smallest absolute Gasteiger partial charge is 0.131 e. The van der Waals surface area contributed by atoms with E-state index in [0.717, 1.165) is 74.6 Å². The molecule has 0 amide bonds. The number of aryl methyl sites for hydroxylation is 1. The highest BCUT2D eigenvalue weighted by Gasteiger charge is 2.36. The summed E-state index contributed by atoms with van der Waals surface area (Å²) >= 11 is 0. The lowest BCUT2D eigenvalue weighted by atomic mass is 9.81. The molecule has 1 aliphatic rings. The Morgan fingerprint density at radius 3 is 1.80 bits per heavy atom. The fraction of sp³-hybridized carbons (Fsp3) is 0.244. The molecule has 0 saturated carbocycles. The molecule has 254 valence electrons. The Morgan fingerprint density at radius 1 is 0.620 bits per heavy atom. The summed E-state index contributed by atoms with van der Waals surface area (Å²) < 4.78 is 25.5. The van der Waals surface area contributed by atoms with Gasteiger partial charge in [-0.25, -0.2) is 0 Å². The van der Waals surface area contributed by atoms with E-state index in [1.807, 2.05) is 12.1 Å². The molecule has 7 rings (SSSR count). The number of hydrogen-bond acceptors (Lipinski definition) is 5. The number of nitrogens with zero attached hydrogens (tertiary/aromatic N) is 1. The van der Waals surface area contributed by atoms with E-state index in [1.54, 1.807) is 14.2 Å². The minimum absolute atomic E-state index is 0.0856. The Bertz CT molecular complexity index is 2080. The first-order valence-electron chi connectivity index (χ1n) is 17.4. The normalized spacial score (nSPS) is 15.8. The molecule has 0 radical (unpaired) electrons. The molecule has 1 heterocycles. The van der Waals surface area contributed by atoms with Crippen LogP contribution in [0.1, 0.15) is 53.3 Å². The second-order valence-corrected chi connectivity index (χ2v) is 13.3. The first-order valence-corrected chi connectivity index (χ1v) is 17.4. The van der Waals surface area contributed by atoms with E-state index in [2.05, 4.69) is 135 Å². The first-order chi connectivity index (χ1) is 24.4. The van der Waals surface area contributed by atoms with Gasteiger partial charge in [0, 0.05) is 35.8 Å². The average Bonchev–Trinajstić information content (AvgIpc) is 3.15. The monoisotopic (exact) mass is 663 g/mol. The largest absolute Gasteiger partial charge is 0.496 e. The van der Waals surface area contributed by atoms with Gasteiger partial charge < -0.3 is 18.9 Å². The Labute approximate surface area is 296 Å². The molecule has 2 atom stereocenters. The zero-order valence-corrected chi connectivity index (χ0v) is 29.6. The van der Waals surface area contributed by atoms with Gasteiger partial charge in [-0.2, -0.15) is 0 Å². The Morgan fingerprint density at radius 2 is 1.20 bits per heavy atom. The Kier molecular flexibility index (Phi) is 9.77. The van der Waals surface area contributed by atoms with Gasteiger partial charge in [-0.05, 0) is 84.2 Å². The maximum Gasteiger partial charge on any atom is 0.131 e. The zero-order chi connectivity index (χ0) is 34.6. The summed E-state index contributed by atoms with van der Waals surface area (Å²) in [5.74, 6) is 3.23. The van der Waals surface area contributed by atoms with Crippen LogP contribution in [0.3, 0.4) is 0 Å². The minimum atomic E-state index is 0.0856. The van der Waals surface area contributed by atoms with Gasteiger partial charge in [-0.15, -0.1) is 0 Å². The van der Waals surface area contributed by atoms with E-state index in [1.165, 1.54) is 16.7 Å². The highest BCUT2D eigenvalue weighted by molar-refractivity contribution is 6.05. The van der Waals surface area contributed by atoms with Crippen LogP contribution in [0.4, 0.5) is 0 Å². The van der Waals surface area contributed by atoms with Crippen LogP contribution in [0.2, 0.25) is 0 Å². The van der Waals surface area contributed by atoms with Gasteiger partial charge in [0.2, 0.25) is 0 Å². The number of methoxy groups -OCH3 is 2. The van der Waals surface area contributed by atoms with Crippen molar-refractivity contribution in [1.82, 2.24) is 4.90 Å². The second-order valence-electron chi connectivity index (χ2n) is 13.3. The molecule has 0 fully saturated rings. The molecular formula is C45H45NO4. The second kappa shape index (κ2) is 14.7. The minimum Gasteiger partial charge on any atom is -0.496 e. The number of ether oxygens (including phenoxy) is 4. The van der Waals surface area contributed by atoms with Gasteiger partial charge in [0.1, 0.15) is 36.2 Å². The summed E-state index contributed by atoms with van der Waals surface area (Å²) in [4.78, 5) is 2.60. The highest BCUT2D eigenvalue weighted by atomic mass is 16.5. The fourth-order valence-electron chi connectivity index (χ4n) is 7.52. The molecule has 6 aromatic rings. The first kappa shape index (κ1) is 33.2. The molecule has 1 aliphatic heterocycles. The number of fused-ring (bicyclic) bond motifs is 2. The Balaban J connectivity index is 1.46. The third-order valence-corrected chi connectivity index (χ3v) is 9.96. The van der Waals surface area contributed by atoms with Crippen molar-refractivity contribution in [2.75, 3.05) is 14.2 Å². The van der Waals surface area contributed by atoms with E-state index >= 15 is 0 Å². The predicted molar refractivity (Wildman–Crippen MR) is 202 cm³/mol. The van der Waals surface area contributed by atoms with E-state index in [0.29, 0.717) is 13.2 Å². The van der Waals surface area contributed by atoms with Crippen LogP contribution in [0.25, 0.3) is 21.9 Å². The molecule has 0 aromatic heterocycles. The lowest BCUT2D eigenvalue weighted by Gasteiger charge is -2.42. The van der Waals surface area contributed by atoms with E-state index < -0.39 is 0 Å². The summed E-state index contributed by atoms with van der Waals surface area (Å²) in [6.07, 6.45) is 0.836. The summed E-state index contributed by atoms with van der Waals surface area (Å²) in [5.41, 5.74) is 9.30. The van der Waals surface area contributed by atoms with E-state index in [-0.39, 0.29) is 12.1 Å². The van der Waals surface area contributed by atoms with Crippen LogP contribution in [-0.2, 0) is 26.2 Å². The van der Waals surface area contributed by atoms with E-state index in [9.17, 15) is 0 Å². The van der Waals surface area contributed by atoms with Gasteiger partial charge in [0.25, 0.3) is 0 Å². The summed E-state index contributed by atoms with van der Waals surface area (Å²) in [6.45, 7) is 8.53. The number of benzene rings is 6. The SMILES string of the molecule is COc1ccc(-c2c(OCc3ccccc3)cc(OCc3ccccc3)c3c2C[C@@H](C)N(Cc2ccccc2)[C@@H]3C)c2cc(C)cc(OC)c12. The molecule has 0 aliphatic carbocycles. The predicted octanol–water partition coefficient (Wildman–Crippen LogP) is 10.5. The summed E-state index contributed by atoms with van der Waals surface area (Å²) in [5, 5.41) is 2.02. The van der Waals surface area contributed by atoms with Crippen LogP contribution in [0, 0.1) is 6.92 Å². The van der Waals surface area contributed by atoms with Crippen LogP contribution in [0.5, 0.6) is 23.0 Å². The molecule has 50 heavy (non-hydrogen) atoms. The van der Waals surface area contributed by atoms with Gasteiger partial charge in [-0.3, -0.25) is 4.90 Å². The van der Waals surface area contributed by atoms with Crippen molar-refractivity contribution in [3.05, 3.63) is 155 Å². The van der Waals surface area contributed by atoms with Crippen molar-refractivity contribution in [2.45, 2.75) is 59.0 Å². The van der Waals surface area contributed by atoms with Gasteiger partial charge in [0.05, 0.1) is 19.6 Å². The van der Waals surface area contributed by atoms with Crippen molar-refractivity contribution in [1.29, 1.82) is 0 Å². The highest BCUT2D eigenvalue weighted by Crippen LogP contribution is 2.51. The third-order valence-electron chi connectivity index (χ3n) is 9.96. The van der Waals surface area contributed by atoms with Crippen LogP contribution < -0.4 is 18.9 Å². The summed E-state index contributed by atoms with van der Waals surface area (Å²) in [7, 11) is 3.44. The molecule has 0 saturated heterocycles. The molecule has 0 bridgehead atoms. The van der Waals surface area contributed by atoms with Crippen LogP contribution in [0.15, 0.2) is 121 Å². The molecule has 0 unspecified atom stereocenters. The van der Waals surface area contributed by atoms with Crippen molar-refractivity contribution >= 4 is 10.8 Å². The molecule has 5 nitrogen and oxygen atoms in total. The molecular weight excluding hydrogens is 618 g/mol. The molecule has 0 spiro atoms. The lowest BCUT2D eigenvalue weighted by molar-refractivity contribution is 0.125. The number of hydrogen-bond donors (Lipinski definition) is 0. The topological polar surface area (TPSA) is 40.2 Å². The van der Waals surface area contributed by atoms with Crippen molar-refractivity contribution in [3.63, 3.8) is 0 Å². The third kappa shape index (κ3) is 6.66. The molecule has 0 N–H and O–H groups in total. The maximum absolute atomic E-state index is 6.87. The molecule has 5 heteroatoms. The summed E-state index contributed by atoms with van der Waals surface area (Å²) in [6, 6.07) is 42.5. The van der Waals surface area contributed by atoms with Crippen LogP contribution >= 0.6 is 0 Å². The van der Waals surface area contributed by atoms with Crippen molar-refractivity contribution in [3.8, 4) is 34.1 Å². The maximum atomic E-state index is 6.87. The zero-order valence-electron chi connectivity index (χ0n) is 29.6. The van der Waals surface area contributed by atoms with Crippen molar-refractivity contribution < 1.29 is 18.9 Å². The average molecular weight is 664 g/mol. The van der Waals surface area contributed by atoms with Gasteiger partial charge in [-0.1, -0.05) is 97.1 Å². The van der Waals surface area contributed by atoms with Crippen LogP contribution in [-0.4, -0.2) is 25.2 Å². The standard InChI is InChI=1S/C45H45NO4/c1-30-23-37-36(21-22-39(47-4)45(37)40(24-30)48-5)44-38-25-31(2)46(27-33-15-9-6-10-16-33)32(3)43(38)41(49-28-34-17-11-7-12-18-34)26-42(44)50-29-35-19-13-8-14-20-35/h6-24,26,31-32H,25,27-29H2,1-5H3/t31-,32-/m1/s1. The van der Waals surface area contributed by atoms with Gasteiger partial charge in [0.15, 0.2) is 0 Å². The quantitative estimate of drug-likeness (QED) is 0.138. The molecule has 6 aromatic carbocycles. The van der Waals surface area contributed by atoms with Crippen molar-refractivity contribution in [2.24, 2.45) is 0 Å². The lowest BCUT2D eigenvalue weighted by Crippen LogP contribution is -2.41. The number of rotatable bonds is 11. The fourth-order valence-corrected chi connectivity index (χ4v) is 7.52. The van der Waals surface area contributed by atoms with Gasteiger partial charge >= 0.3 is 0 Å². The van der Waals surface area contributed by atoms with E-state index in [4.69, 9.17) is 18.9 Å². The Hall–Kier alpha value is -5.26.